The van der Waals surface area contributed by atoms with Crippen LogP contribution in [0.4, 0.5) is 0 Å². The van der Waals surface area contributed by atoms with Crippen molar-refractivity contribution in [2.24, 2.45) is 0 Å². The SMILES string of the molecule is O=C(NCc1cccnc1)c1ccc(CN2CCn3cccc3C2c2ccccc2Cl)o1. The molecule has 7 heteroatoms. The fraction of sp³-hybridized carbons (Fsp3) is 0.200. The summed E-state index contributed by atoms with van der Waals surface area (Å²) in [6.07, 6.45) is 5.54. The van der Waals surface area contributed by atoms with Gasteiger partial charge in [-0.25, -0.2) is 0 Å². The van der Waals surface area contributed by atoms with Crippen molar-refractivity contribution >= 4 is 17.5 Å². The fourth-order valence-electron chi connectivity index (χ4n) is 4.21. The molecule has 162 valence electrons. The molecule has 4 heterocycles. The summed E-state index contributed by atoms with van der Waals surface area (Å²) in [6, 6.07) is 19.5. The van der Waals surface area contributed by atoms with Crippen molar-refractivity contribution in [1.82, 2.24) is 19.8 Å². The molecule has 32 heavy (non-hydrogen) atoms. The number of hydrogen-bond acceptors (Lipinski definition) is 4. The molecule has 1 aromatic carbocycles. The van der Waals surface area contributed by atoms with Gasteiger partial charge in [0.1, 0.15) is 5.76 Å². The number of benzene rings is 1. The highest BCUT2D eigenvalue weighted by atomic mass is 35.5. The average molecular weight is 447 g/mol. The van der Waals surface area contributed by atoms with Crippen LogP contribution in [0, 0.1) is 0 Å². The van der Waals surface area contributed by atoms with E-state index in [1.165, 1.54) is 5.69 Å². The number of carbonyl (C=O) groups is 1. The molecule has 1 aliphatic rings. The molecule has 0 spiro atoms. The first-order chi connectivity index (χ1) is 15.7. The van der Waals surface area contributed by atoms with Gasteiger partial charge < -0.3 is 14.3 Å². The Bertz CT molecular complexity index is 1220. The van der Waals surface area contributed by atoms with Crippen LogP contribution in [0.15, 0.2) is 83.7 Å². The second kappa shape index (κ2) is 9.02. The predicted octanol–water partition coefficient (Wildman–Crippen LogP) is 4.66. The van der Waals surface area contributed by atoms with Crippen molar-refractivity contribution in [3.05, 3.63) is 113 Å². The third-order valence-electron chi connectivity index (χ3n) is 5.76. The largest absolute Gasteiger partial charge is 0.455 e. The Balaban J connectivity index is 1.33. The minimum Gasteiger partial charge on any atom is -0.455 e. The van der Waals surface area contributed by atoms with Crippen LogP contribution in [0.5, 0.6) is 0 Å². The highest BCUT2D eigenvalue weighted by Crippen LogP contribution is 2.36. The van der Waals surface area contributed by atoms with E-state index in [1.807, 2.05) is 36.4 Å². The number of halogens is 1. The van der Waals surface area contributed by atoms with E-state index in [-0.39, 0.29) is 11.9 Å². The second-order valence-electron chi connectivity index (χ2n) is 7.83. The Morgan fingerprint density at radius 1 is 1.09 bits per heavy atom. The van der Waals surface area contributed by atoms with Crippen LogP contribution in [0.1, 0.15) is 39.2 Å². The van der Waals surface area contributed by atoms with E-state index < -0.39 is 0 Å². The van der Waals surface area contributed by atoms with E-state index in [0.29, 0.717) is 18.8 Å². The first-order valence-corrected chi connectivity index (χ1v) is 11.0. The number of pyridine rings is 1. The molecule has 0 saturated heterocycles. The lowest BCUT2D eigenvalue weighted by molar-refractivity contribution is 0.0916. The van der Waals surface area contributed by atoms with Gasteiger partial charge in [-0.3, -0.25) is 14.7 Å². The van der Waals surface area contributed by atoms with Gasteiger partial charge in [0.25, 0.3) is 5.91 Å². The number of carbonyl (C=O) groups excluding carboxylic acids is 1. The Kier molecular flexibility index (Phi) is 5.79. The first kappa shape index (κ1) is 20.5. The molecule has 1 unspecified atom stereocenters. The molecule has 1 amide bonds. The minimum atomic E-state index is -0.240. The zero-order chi connectivity index (χ0) is 21.9. The number of aromatic nitrogens is 2. The maximum absolute atomic E-state index is 12.5. The summed E-state index contributed by atoms with van der Waals surface area (Å²) in [7, 11) is 0. The summed E-state index contributed by atoms with van der Waals surface area (Å²) in [5, 5.41) is 3.62. The van der Waals surface area contributed by atoms with E-state index >= 15 is 0 Å². The third kappa shape index (κ3) is 4.20. The van der Waals surface area contributed by atoms with Crippen molar-refractivity contribution in [3.8, 4) is 0 Å². The second-order valence-corrected chi connectivity index (χ2v) is 8.24. The number of nitrogens with one attached hydrogen (secondary N) is 1. The van der Waals surface area contributed by atoms with Gasteiger partial charge in [0.2, 0.25) is 0 Å². The van der Waals surface area contributed by atoms with E-state index in [9.17, 15) is 4.79 Å². The van der Waals surface area contributed by atoms with Crippen molar-refractivity contribution in [2.45, 2.75) is 25.7 Å². The Morgan fingerprint density at radius 3 is 2.84 bits per heavy atom. The molecule has 3 aromatic heterocycles. The lowest BCUT2D eigenvalue weighted by Crippen LogP contribution is -2.38. The van der Waals surface area contributed by atoms with Crippen molar-refractivity contribution in [3.63, 3.8) is 0 Å². The molecule has 6 nitrogen and oxygen atoms in total. The summed E-state index contributed by atoms with van der Waals surface area (Å²) < 4.78 is 8.18. The molecule has 0 saturated carbocycles. The summed E-state index contributed by atoms with van der Waals surface area (Å²) in [5.41, 5.74) is 3.20. The predicted molar refractivity (Wildman–Crippen MR) is 122 cm³/mol. The Labute approximate surface area is 191 Å². The maximum Gasteiger partial charge on any atom is 0.287 e. The van der Waals surface area contributed by atoms with E-state index in [0.717, 1.165) is 35.0 Å². The van der Waals surface area contributed by atoms with Crippen LogP contribution in [0.3, 0.4) is 0 Å². The van der Waals surface area contributed by atoms with Crippen LogP contribution < -0.4 is 5.32 Å². The minimum absolute atomic E-state index is 0.0143. The number of nitrogens with zero attached hydrogens (tertiary/aromatic N) is 3. The molecule has 4 aromatic rings. The van der Waals surface area contributed by atoms with Crippen LogP contribution in [-0.2, 0) is 19.6 Å². The van der Waals surface area contributed by atoms with Crippen LogP contribution in [0.25, 0.3) is 0 Å². The van der Waals surface area contributed by atoms with Gasteiger partial charge in [-0.15, -0.1) is 0 Å². The van der Waals surface area contributed by atoms with Gasteiger partial charge in [0.05, 0.1) is 12.6 Å². The molecule has 1 aliphatic heterocycles. The molecule has 0 aliphatic carbocycles. The highest BCUT2D eigenvalue weighted by molar-refractivity contribution is 6.31. The van der Waals surface area contributed by atoms with Gasteiger partial charge >= 0.3 is 0 Å². The number of fused-ring (bicyclic) bond motifs is 1. The molecule has 1 N–H and O–H groups in total. The molecular weight excluding hydrogens is 424 g/mol. The fourth-order valence-corrected chi connectivity index (χ4v) is 4.45. The number of hydrogen-bond donors (Lipinski definition) is 1. The van der Waals surface area contributed by atoms with Gasteiger partial charge in [-0.1, -0.05) is 35.9 Å². The lowest BCUT2D eigenvalue weighted by Gasteiger charge is -2.37. The number of amides is 1. The zero-order valence-corrected chi connectivity index (χ0v) is 18.2. The Hall–Kier alpha value is -3.35. The first-order valence-electron chi connectivity index (χ1n) is 10.6. The summed E-state index contributed by atoms with van der Waals surface area (Å²) >= 11 is 6.57. The lowest BCUT2D eigenvalue weighted by atomic mass is 9.99. The smallest absolute Gasteiger partial charge is 0.287 e. The zero-order valence-electron chi connectivity index (χ0n) is 17.4. The van der Waals surface area contributed by atoms with E-state index in [4.69, 9.17) is 16.0 Å². The summed E-state index contributed by atoms with van der Waals surface area (Å²) in [6.45, 7) is 2.72. The molecular formula is C25H23ClN4O2. The summed E-state index contributed by atoms with van der Waals surface area (Å²) in [4.78, 5) is 18.9. The molecule has 0 fully saturated rings. The number of furan rings is 1. The van der Waals surface area contributed by atoms with E-state index in [2.05, 4.69) is 44.2 Å². The summed E-state index contributed by atoms with van der Waals surface area (Å²) in [5.74, 6) is 0.808. The van der Waals surface area contributed by atoms with Crippen LogP contribution in [-0.4, -0.2) is 26.9 Å². The number of rotatable bonds is 6. The van der Waals surface area contributed by atoms with Crippen molar-refractivity contribution in [1.29, 1.82) is 0 Å². The van der Waals surface area contributed by atoms with Gasteiger partial charge in [-0.2, -0.15) is 0 Å². The van der Waals surface area contributed by atoms with Crippen molar-refractivity contribution < 1.29 is 9.21 Å². The van der Waals surface area contributed by atoms with Gasteiger partial charge in [-0.05, 0) is 47.5 Å². The standard InChI is InChI=1S/C25H23ClN4O2/c26-21-7-2-1-6-20(21)24-22-8-4-12-29(22)13-14-30(24)17-19-9-10-23(32-19)25(31)28-16-18-5-3-11-27-15-18/h1-12,15,24H,13-14,16-17H2,(H,28,31). The molecule has 1 atom stereocenters. The quantitative estimate of drug-likeness (QED) is 0.467. The van der Waals surface area contributed by atoms with E-state index in [1.54, 1.807) is 18.5 Å². The molecule has 0 bridgehead atoms. The molecule has 0 radical (unpaired) electrons. The van der Waals surface area contributed by atoms with Crippen molar-refractivity contribution in [2.75, 3.05) is 6.54 Å². The topological polar surface area (TPSA) is 63.3 Å². The average Bonchev–Trinajstić information content (AvgIpc) is 3.48. The maximum atomic E-state index is 12.5. The Morgan fingerprint density at radius 2 is 2.00 bits per heavy atom. The third-order valence-corrected chi connectivity index (χ3v) is 6.10. The van der Waals surface area contributed by atoms with Gasteiger partial charge in [0, 0.05) is 48.9 Å². The monoisotopic (exact) mass is 446 g/mol. The molecule has 5 rings (SSSR count). The van der Waals surface area contributed by atoms with Crippen LogP contribution in [0.2, 0.25) is 5.02 Å². The van der Waals surface area contributed by atoms with Gasteiger partial charge in [0.15, 0.2) is 5.76 Å². The normalized spacial score (nSPS) is 16.0. The van der Waals surface area contributed by atoms with Crippen LogP contribution >= 0.6 is 11.6 Å². The highest BCUT2D eigenvalue weighted by Gasteiger charge is 2.30.